The molecule has 4 nitrogen and oxygen atoms in total. The first-order valence-corrected chi connectivity index (χ1v) is 9.28. The van der Waals surface area contributed by atoms with Gasteiger partial charge >= 0.3 is 0 Å². The van der Waals surface area contributed by atoms with Gasteiger partial charge in [-0.2, -0.15) is 0 Å². The molecule has 0 saturated carbocycles. The number of pyridine rings is 1. The van der Waals surface area contributed by atoms with Crippen LogP contribution in [0.15, 0.2) is 52.4 Å². The van der Waals surface area contributed by atoms with Crippen LogP contribution in [0.5, 0.6) is 0 Å². The Balaban J connectivity index is 0.00000182. The summed E-state index contributed by atoms with van der Waals surface area (Å²) in [6, 6.07) is 11.7. The molecule has 4 rings (SSSR count). The fourth-order valence-electron chi connectivity index (χ4n) is 2.57. The number of halogens is 3. The number of aromatic nitrogens is 3. The zero-order chi connectivity index (χ0) is 16.7. The zero-order valence-corrected chi connectivity index (χ0v) is 17.9. The van der Waals surface area contributed by atoms with Crippen LogP contribution in [0.4, 0.5) is 10.8 Å². The smallest absolute Gasteiger partial charge is 0.187 e. The summed E-state index contributed by atoms with van der Waals surface area (Å²) in [6.07, 6.45) is 1.87. The largest absolute Gasteiger partial charge is 0.332 e. The molecule has 8 heteroatoms. The van der Waals surface area contributed by atoms with E-state index in [0.717, 1.165) is 38.0 Å². The molecule has 0 radical (unpaired) electrons. The summed E-state index contributed by atoms with van der Waals surface area (Å²) in [5, 5.41) is 6.86. The van der Waals surface area contributed by atoms with Crippen molar-refractivity contribution >= 4 is 72.3 Å². The lowest BCUT2D eigenvalue weighted by Crippen LogP contribution is -1.92. The summed E-state index contributed by atoms with van der Waals surface area (Å²) in [4.78, 5) is 9.28. The van der Waals surface area contributed by atoms with E-state index in [0.29, 0.717) is 5.02 Å². The molecule has 0 unspecified atom stereocenters. The number of hydrogen-bond acceptors (Lipinski definition) is 4. The van der Waals surface area contributed by atoms with Crippen molar-refractivity contribution in [2.45, 2.75) is 6.92 Å². The van der Waals surface area contributed by atoms with Gasteiger partial charge in [-0.05, 0) is 37.3 Å². The number of hydrogen-bond donors (Lipinski definition) is 1. The highest BCUT2D eigenvalue weighted by molar-refractivity contribution is 9.10. The van der Waals surface area contributed by atoms with Crippen molar-refractivity contribution in [3.8, 4) is 11.4 Å². The van der Waals surface area contributed by atoms with Crippen LogP contribution in [-0.2, 0) is 0 Å². The fraction of sp³-hybridized carbons (Fsp3) is 0.0588. The highest BCUT2D eigenvalue weighted by Crippen LogP contribution is 2.31. The first kappa shape index (κ1) is 18.4. The Morgan fingerprint density at radius 2 is 2.04 bits per heavy atom. The van der Waals surface area contributed by atoms with Crippen LogP contribution >= 0.6 is 55.8 Å². The molecule has 0 aliphatic rings. The summed E-state index contributed by atoms with van der Waals surface area (Å²) in [5.74, 6) is 0. The molecule has 128 valence electrons. The predicted octanol–water partition coefficient (Wildman–Crippen LogP) is 6.50. The third kappa shape index (κ3) is 3.74. The Morgan fingerprint density at radius 1 is 1.20 bits per heavy atom. The van der Waals surface area contributed by atoms with Crippen LogP contribution < -0.4 is 5.32 Å². The number of anilines is 2. The van der Waals surface area contributed by atoms with Gasteiger partial charge in [0.1, 0.15) is 11.3 Å². The zero-order valence-electron chi connectivity index (χ0n) is 13.0. The molecule has 0 bridgehead atoms. The van der Waals surface area contributed by atoms with Crippen LogP contribution in [0.25, 0.3) is 17.0 Å². The van der Waals surface area contributed by atoms with Crippen molar-refractivity contribution in [1.29, 1.82) is 0 Å². The first-order chi connectivity index (χ1) is 11.6. The van der Waals surface area contributed by atoms with Gasteiger partial charge in [-0.1, -0.05) is 33.6 Å². The maximum absolute atomic E-state index is 6.13. The van der Waals surface area contributed by atoms with Crippen molar-refractivity contribution in [3.05, 3.63) is 63.2 Å². The third-order valence-corrected chi connectivity index (χ3v) is 5.05. The van der Waals surface area contributed by atoms with E-state index in [2.05, 4.69) is 26.2 Å². The van der Waals surface area contributed by atoms with Gasteiger partial charge in [0.2, 0.25) is 0 Å². The Hall–Kier alpha value is -1.41. The van der Waals surface area contributed by atoms with Gasteiger partial charge in [-0.15, -0.1) is 28.3 Å². The second-order valence-electron chi connectivity index (χ2n) is 5.29. The van der Waals surface area contributed by atoms with Gasteiger partial charge in [0, 0.05) is 21.7 Å². The van der Waals surface area contributed by atoms with Gasteiger partial charge in [-0.25, -0.2) is 9.97 Å². The molecular formula is C17H13Br2ClN4S. The van der Waals surface area contributed by atoms with Crippen molar-refractivity contribution < 1.29 is 0 Å². The second kappa shape index (κ2) is 7.45. The summed E-state index contributed by atoms with van der Waals surface area (Å²) in [7, 11) is 0. The van der Waals surface area contributed by atoms with Gasteiger partial charge in [0.15, 0.2) is 5.13 Å². The molecule has 0 aliphatic heterocycles. The van der Waals surface area contributed by atoms with Crippen LogP contribution in [0, 0.1) is 6.92 Å². The maximum Gasteiger partial charge on any atom is 0.187 e. The summed E-state index contributed by atoms with van der Waals surface area (Å²) in [6.45, 7) is 1.98. The summed E-state index contributed by atoms with van der Waals surface area (Å²) >= 11 is 11.2. The Labute approximate surface area is 172 Å². The third-order valence-electron chi connectivity index (χ3n) is 3.58. The molecule has 0 fully saturated rings. The highest BCUT2D eigenvalue weighted by Gasteiger charge is 2.14. The highest BCUT2D eigenvalue weighted by atomic mass is 79.9. The average Bonchev–Trinajstić information content (AvgIpc) is 3.10. The van der Waals surface area contributed by atoms with E-state index in [1.54, 1.807) is 11.3 Å². The van der Waals surface area contributed by atoms with Crippen LogP contribution in [-0.4, -0.2) is 14.4 Å². The molecule has 4 aromatic rings. The number of thiazole rings is 1. The molecule has 0 spiro atoms. The normalized spacial score (nSPS) is 10.7. The van der Waals surface area contributed by atoms with Gasteiger partial charge in [0.25, 0.3) is 0 Å². The van der Waals surface area contributed by atoms with Gasteiger partial charge < -0.3 is 5.32 Å². The first-order valence-electron chi connectivity index (χ1n) is 7.23. The average molecular weight is 501 g/mol. The molecule has 0 aliphatic carbocycles. The van der Waals surface area contributed by atoms with E-state index in [1.807, 2.05) is 59.3 Å². The number of fused-ring (bicyclic) bond motifs is 1. The molecular weight excluding hydrogens is 488 g/mol. The van der Waals surface area contributed by atoms with Crippen molar-refractivity contribution in [3.63, 3.8) is 0 Å². The van der Waals surface area contributed by atoms with Crippen LogP contribution in [0.1, 0.15) is 5.69 Å². The maximum atomic E-state index is 6.13. The van der Waals surface area contributed by atoms with Gasteiger partial charge in [-0.3, -0.25) is 4.40 Å². The minimum absolute atomic E-state index is 0. The van der Waals surface area contributed by atoms with E-state index in [9.17, 15) is 0 Å². The molecule has 0 amide bonds. The van der Waals surface area contributed by atoms with Crippen molar-refractivity contribution in [2.24, 2.45) is 0 Å². The number of imidazole rings is 1. The van der Waals surface area contributed by atoms with Gasteiger partial charge in [0.05, 0.1) is 16.4 Å². The predicted molar refractivity (Wildman–Crippen MR) is 114 cm³/mol. The lowest BCUT2D eigenvalue weighted by molar-refractivity contribution is 1.17. The monoisotopic (exact) mass is 498 g/mol. The minimum atomic E-state index is 0. The number of nitrogens with one attached hydrogen (secondary N) is 1. The number of aryl methyl sites for hydroxylation is 1. The van der Waals surface area contributed by atoms with E-state index >= 15 is 0 Å². The SMILES string of the molecule is Br.Cc1nc2ccc(Cl)cn2c1-c1csc(Nc2cccc(Br)c2)n1. The molecule has 1 N–H and O–H groups in total. The van der Waals surface area contributed by atoms with Crippen molar-refractivity contribution in [2.75, 3.05) is 5.32 Å². The number of nitrogens with zero attached hydrogens (tertiary/aromatic N) is 3. The Kier molecular flexibility index (Phi) is 5.48. The standard InChI is InChI=1S/C17H12BrClN4S.BrH/c1-10-16(23-8-12(19)5-6-15(23)20-10)14-9-24-17(22-14)21-13-4-2-3-11(18)7-13;/h2-9H,1H3,(H,21,22);1H. The molecule has 3 heterocycles. The van der Waals surface area contributed by atoms with Crippen LogP contribution in [0.2, 0.25) is 5.02 Å². The molecule has 25 heavy (non-hydrogen) atoms. The van der Waals surface area contributed by atoms with Crippen LogP contribution in [0.3, 0.4) is 0 Å². The lowest BCUT2D eigenvalue weighted by atomic mass is 10.3. The molecule has 3 aromatic heterocycles. The summed E-state index contributed by atoms with van der Waals surface area (Å²) in [5.41, 5.74) is 4.62. The van der Waals surface area contributed by atoms with E-state index in [4.69, 9.17) is 16.6 Å². The van der Waals surface area contributed by atoms with E-state index in [-0.39, 0.29) is 17.0 Å². The quantitative estimate of drug-likeness (QED) is 0.349. The lowest BCUT2D eigenvalue weighted by Gasteiger charge is -2.03. The summed E-state index contributed by atoms with van der Waals surface area (Å²) < 4.78 is 3.01. The molecule has 0 saturated heterocycles. The van der Waals surface area contributed by atoms with E-state index in [1.165, 1.54) is 0 Å². The number of rotatable bonds is 3. The molecule has 0 atom stereocenters. The fourth-order valence-corrected chi connectivity index (χ4v) is 3.85. The van der Waals surface area contributed by atoms with E-state index < -0.39 is 0 Å². The minimum Gasteiger partial charge on any atom is -0.332 e. The second-order valence-corrected chi connectivity index (χ2v) is 7.50. The van der Waals surface area contributed by atoms with Crippen molar-refractivity contribution in [1.82, 2.24) is 14.4 Å². The Bertz CT molecular complexity index is 1040. The Morgan fingerprint density at radius 3 is 2.84 bits per heavy atom. The molecule has 1 aromatic carbocycles. The topological polar surface area (TPSA) is 42.2 Å². The number of benzene rings is 1.